The summed E-state index contributed by atoms with van der Waals surface area (Å²) in [5.41, 5.74) is 11.4. The zero-order valence-electron chi connectivity index (χ0n) is 99.0. The summed E-state index contributed by atoms with van der Waals surface area (Å²) in [5.74, 6) is 5.69. The van der Waals surface area contributed by atoms with Crippen molar-refractivity contribution in [2.45, 2.75) is 384 Å². The molecule has 14 rings (SSSR count). The number of amidine groups is 1. The average Bonchev–Trinajstić information content (AvgIpc) is 1.62. The molecule has 5 N–H and O–H groups in total. The Labute approximate surface area is 894 Å². The number of amides is 5. The van der Waals surface area contributed by atoms with E-state index in [1.165, 1.54) is 75.7 Å². The summed E-state index contributed by atoms with van der Waals surface area (Å²) < 4.78 is 5.16. The second kappa shape index (κ2) is 68.2. The number of benzene rings is 2. The molecule has 5 amide bonds. The maximum atomic E-state index is 12.0. The number of esters is 1. The van der Waals surface area contributed by atoms with Crippen molar-refractivity contribution in [1.82, 2.24) is 73.9 Å². The summed E-state index contributed by atoms with van der Waals surface area (Å²) in [6, 6.07) is 22.2. The minimum atomic E-state index is -0.673. The number of ketones is 3. The molecule has 147 heavy (non-hydrogen) atoms. The van der Waals surface area contributed by atoms with E-state index in [-0.39, 0.29) is 47.8 Å². The molecule has 844 valence electrons. The van der Waals surface area contributed by atoms with E-state index in [0.717, 1.165) is 232 Å². The standard InChI is InChI=1S/C16H23N.C14H19NO2.C11H23N3O.C11H21NO.3C10H19NO.C9H19N3O.C9H19N3.C9H18N2O.C9H17NO2/c1-13(2)17-9-7-16(8-10-17)11-14-5-3-4-6-15(14)12-16;1-4-17-14(16)13-9-11-7-5-6-8-12(11)15(13)10(2)3;1-9(2)12-11(15)14-7-5-13(6-8-14)10(3)4;1-9(2)11-4-6-12(7-5-11)8-10(3)13;2*1-8(2)11-6-4-10(5-7-11)9(3)12;1-8(2)10-4-6-11(7-5-10)9(3)12;1-8(2)12-5-3-11(4-6-12)7-9(10)13;1-8(2)11-4-6-12(7-5-11)9(3)10;1-8(2)10-4-6-11(7-5-10)9(3)12;1-6(2)10-5-7(3)4-8(10)9(11)12/h3-6,13H,7-12H2,1-2H3;5-8,10,13H,4,9H2,1-3H3;9-10H,5-8H2,1-4H3,(H,12,15);9,11H,4-8H2,1-3H3;3*8,10H,4-7H2,1-3H3;8H,3-7H2,1-2H3,(H2,10,13);8,10H,4-7H2,1-3H3;8H,4-7H2,1-3H3;6-8H,4-5H2,1-3H3,(H,11,12)/t;13-;;;;;;;;;7-,8+/m.0........1/s1. The van der Waals surface area contributed by atoms with Gasteiger partial charge < -0.3 is 60.1 Å². The normalized spacial score (nSPS) is 21.4. The molecular weight excluding hydrogens is 1850 g/mol. The van der Waals surface area contributed by atoms with Crippen LogP contribution in [0.25, 0.3) is 0 Å². The summed E-state index contributed by atoms with van der Waals surface area (Å²) in [5, 5.41) is 19.3. The number of nitrogens with zero attached hydrogens (tertiary/aromatic N) is 15. The second-order valence-electron chi connectivity index (χ2n) is 47.4. The molecule has 29 heteroatoms. The fraction of sp³-hybridized carbons (Fsp3) is 0.814. The quantitative estimate of drug-likeness (QED) is 0.0513. The van der Waals surface area contributed by atoms with E-state index in [1.807, 2.05) is 68.4 Å². The molecule has 0 aromatic heterocycles. The molecule has 12 aliphatic rings. The zero-order chi connectivity index (χ0) is 110. The average molecular weight is 2060 g/mol. The molecule has 0 saturated carbocycles. The minimum Gasteiger partial charge on any atom is -0.480 e. The molecule has 29 nitrogen and oxygen atoms in total. The summed E-state index contributed by atoms with van der Waals surface area (Å²) >= 11 is 0. The number of hydrogen-bond donors (Lipinski definition) is 4. The molecule has 3 atom stereocenters. The highest BCUT2D eigenvalue weighted by atomic mass is 16.5. The van der Waals surface area contributed by atoms with Gasteiger partial charge >= 0.3 is 18.0 Å². The van der Waals surface area contributed by atoms with Crippen LogP contribution in [0.5, 0.6) is 0 Å². The van der Waals surface area contributed by atoms with Gasteiger partial charge in [0.25, 0.3) is 0 Å². The SMILES string of the molecule is CC(=N)N1CCN(C(C)C)CC1.CC(=O)C1CCN(C(C)C)CC1.CC(=O)C1CCN(C(C)C)CC1.CC(=O)CN1CCC(C(C)C)CC1.CC(=O)N1CCC(C(C)C)CC1.CC(=O)N1CCN(C(C)C)CC1.CC(C)N1CCC2(CC1)Cc1ccccc1C2.CC(C)N1CCN(CC(N)=O)CC1.CC(C)N1C[C@H](C)C[C@H]1C(=O)O.CC(C)NC(=O)N1CCN(C(C)C)CC1.CCOC(=O)[C@@H]1Cc2ccccc2N1C(C)C. The van der Waals surface area contributed by atoms with Crippen molar-refractivity contribution < 1.29 is 53.0 Å². The number of primary amides is 1. The van der Waals surface area contributed by atoms with E-state index in [1.54, 1.807) is 45.7 Å². The molecule has 10 saturated heterocycles. The molecule has 1 spiro atoms. The monoisotopic (exact) mass is 2060 g/mol. The Kier molecular flexibility index (Phi) is 61.3. The number of para-hydroxylation sites is 1. The number of carboxylic acid groups (broad SMARTS) is 1. The van der Waals surface area contributed by atoms with Gasteiger partial charge in [-0.05, 0) is 367 Å². The van der Waals surface area contributed by atoms with Crippen molar-refractivity contribution in [2.24, 2.45) is 52.6 Å². The van der Waals surface area contributed by atoms with E-state index in [0.29, 0.717) is 114 Å². The Morgan fingerprint density at radius 1 is 0.408 bits per heavy atom. The maximum absolute atomic E-state index is 12.0. The number of aliphatic carboxylic acids is 1. The predicted octanol–water partition coefficient (Wildman–Crippen LogP) is 16.3. The van der Waals surface area contributed by atoms with Gasteiger partial charge in [0.2, 0.25) is 17.7 Å². The van der Waals surface area contributed by atoms with Gasteiger partial charge in [0, 0.05) is 223 Å². The Morgan fingerprint density at radius 2 is 0.755 bits per heavy atom. The lowest BCUT2D eigenvalue weighted by Gasteiger charge is -2.41. The number of carboxylic acids is 1. The van der Waals surface area contributed by atoms with Crippen LogP contribution in [-0.4, -0.2) is 401 Å². The van der Waals surface area contributed by atoms with Crippen LogP contribution < -0.4 is 16.0 Å². The molecule has 0 radical (unpaired) electrons. The molecule has 2 aromatic carbocycles. The molecule has 0 unspecified atom stereocenters. The van der Waals surface area contributed by atoms with E-state index in [9.17, 15) is 43.2 Å². The minimum absolute atomic E-state index is 0.0772. The van der Waals surface area contributed by atoms with Crippen molar-refractivity contribution >= 4 is 64.6 Å². The largest absolute Gasteiger partial charge is 0.480 e. The van der Waals surface area contributed by atoms with Gasteiger partial charge in [-0.1, -0.05) is 77.1 Å². The number of fused-ring (bicyclic) bond motifs is 2. The lowest BCUT2D eigenvalue weighted by Crippen LogP contribution is -2.54. The van der Waals surface area contributed by atoms with Gasteiger partial charge in [0.1, 0.15) is 29.4 Å². The number of carbonyl (C=O) groups is 9. The number of anilines is 1. The predicted molar refractivity (Wildman–Crippen MR) is 607 cm³/mol. The van der Waals surface area contributed by atoms with Gasteiger partial charge in [-0.3, -0.25) is 73.3 Å². The molecule has 11 heterocycles. The lowest BCUT2D eigenvalue weighted by atomic mass is 9.76. The first-order valence-corrected chi connectivity index (χ1v) is 57.5. The van der Waals surface area contributed by atoms with Gasteiger partial charge in [-0.2, -0.15) is 0 Å². The first-order chi connectivity index (χ1) is 69.1. The second-order valence-corrected chi connectivity index (χ2v) is 47.4. The van der Waals surface area contributed by atoms with Crippen molar-refractivity contribution in [3.05, 3.63) is 65.2 Å². The molecule has 11 aliphatic heterocycles. The van der Waals surface area contributed by atoms with Crippen LogP contribution in [0.3, 0.4) is 0 Å². The van der Waals surface area contributed by atoms with Crippen LogP contribution >= 0.6 is 0 Å². The van der Waals surface area contributed by atoms with E-state index in [4.69, 9.17) is 21.0 Å². The number of likely N-dealkylation sites (tertiary alicyclic amines) is 6. The number of piperidine rings is 5. The Balaban J connectivity index is 0.000000338. The zero-order valence-corrected chi connectivity index (χ0v) is 99.0. The highest BCUT2D eigenvalue weighted by Gasteiger charge is 2.42. The summed E-state index contributed by atoms with van der Waals surface area (Å²) in [6.45, 7) is 96.2. The third-order valence-corrected chi connectivity index (χ3v) is 32.4. The third kappa shape index (κ3) is 48.4. The number of urea groups is 1. The molecule has 10 fully saturated rings. The molecule has 1 aliphatic carbocycles. The van der Waals surface area contributed by atoms with Gasteiger partial charge in [-0.25, -0.2) is 9.59 Å². The van der Waals surface area contributed by atoms with Crippen LogP contribution in [0.4, 0.5) is 10.5 Å². The van der Waals surface area contributed by atoms with Crippen molar-refractivity contribution in [1.29, 1.82) is 5.41 Å². The smallest absolute Gasteiger partial charge is 0.329 e. The fourth-order valence-electron chi connectivity index (χ4n) is 22.2. The fourth-order valence-corrected chi connectivity index (χ4v) is 22.2. The van der Waals surface area contributed by atoms with Crippen molar-refractivity contribution in [3.8, 4) is 0 Å². The number of piperazine rings is 4. The Bertz CT molecular complexity index is 3800. The lowest BCUT2D eigenvalue weighted by molar-refractivity contribution is -0.145. The first-order valence-electron chi connectivity index (χ1n) is 57.5. The number of Topliss-reactive ketones (excluding diaryl/α,β-unsaturated/α-hetero) is 3. The van der Waals surface area contributed by atoms with Crippen LogP contribution in [0, 0.1) is 52.2 Å². The van der Waals surface area contributed by atoms with Gasteiger partial charge in [0.05, 0.1) is 25.5 Å². The number of rotatable bonds is 21. The maximum Gasteiger partial charge on any atom is 0.329 e. The molecule has 0 bridgehead atoms. The Morgan fingerprint density at radius 3 is 1.08 bits per heavy atom. The number of nitrogens with two attached hydrogens (primary N) is 1. The van der Waals surface area contributed by atoms with Crippen LogP contribution in [0.15, 0.2) is 48.5 Å². The number of hydrogen-bond acceptors (Lipinski definition) is 22. The molecular formula is C118H216N18O11. The van der Waals surface area contributed by atoms with Crippen LogP contribution in [0.1, 0.15) is 309 Å². The van der Waals surface area contributed by atoms with Gasteiger partial charge in [-0.15, -0.1) is 0 Å². The highest BCUT2D eigenvalue weighted by molar-refractivity contribution is 5.84. The van der Waals surface area contributed by atoms with Crippen LogP contribution in [0.2, 0.25) is 0 Å². The summed E-state index contributed by atoms with van der Waals surface area (Å²) in [6.07, 6.45) is 16.2. The number of ether oxygens (including phenoxy) is 1. The Hall–Kier alpha value is -7.06. The first kappa shape index (κ1) is 132. The van der Waals surface area contributed by atoms with Crippen molar-refractivity contribution in [2.75, 3.05) is 201 Å². The number of carbonyl (C=O) groups excluding carboxylic acids is 8. The van der Waals surface area contributed by atoms with Crippen LogP contribution in [-0.2, 0) is 62.4 Å². The van der Waals surface area contributed by atoms with E-state index in [2.05, 4.69) is 246 Å². The van der Waals surface area contributed by atoms with Gasteiger partial charge in [0.15, 0.2) is 0 Å². The number of nitrogens with one attached hydrogen (secondary N) is 2. The molecule has 2 aromatic rings. The third-order valence-electron chi connectivity index (χ3n) is 32.4. The van der Waals surface area contributed by atoms with E-state index < -0.39 is 5.97 Å². The van der Waals surface area contributed by atoms with Crippen molar-refractivity contribution in [3.63, 3.8) is 0 Å². The highest BCUT2D eigenvalue weighted by Crippen LogP contribution is 2.45. The van der Waals surface area contributed by atoms with E-state index >= 15 is 0 Å². The topological polar surface area (TPSA) is 294 Å². The summed E-state index contributed by atoms with van der Waals surface area (Å²) in [4.78, 5) is 134. The summed E-state index contributed by atoms with van der Waals surface area (Å²) in [7, 11) is 0.